The van der Waals surface area contributed by atoms with Crippen molar-refractivity contribution in [3.63, 3.8) is 0 Å². The second-order valence-corrected chi connectivity index (χ2v) is 28.4. The quantitative estimate of drug-likeness (QED) is 0.0706. The molecule has 15 aromatic carbocycles. The molecule has 0 saturated carbocycles. The maximum absolute atomic E-state index is 2.33. The molecule has 0 amide bonds. The summed E-state index contributed by atoms with van der Waals surface area (Å²) < 4.78 is 0. The van der Waals surface area contributed by atoms with Gasteiger partial charge in [0.15, 0.2) is 0 Å². The van der Waals surface area contributed by atoms with Crippen molar-refractivity contribution in [3.8, 4) is 0 Å². The lowest BCUT2D eigenvalue weighted by atomic mass is 9.87. The van der Waals surface area contributed by atoms with E-state index >= 15 is 0 Å². The van der Waals surface area contributed by atoms with Gasteiger partial charge in [-0.15, -0.1) is 0 Å². The molecule has 0 fully saturated rings. The summed E-state index contributed by atoms with van der Waals surface area (Å²) in [6.07, 6.45) is 0. The molecule has 0 aromatic heterocycles. The minimum atomic E-state index is 0.0541. The molecule has 0 atom stereocenters. The highest BCUT2D eigenvalue weighted by Gasteiger charge is 2.24. The zero-order valence-corrected chi connectivity index (χ0v) is 60.3. The normalized spacial score (nSPS) is 11.3. The van der Waals surface area contributed by atoms with Gasteiger partial charge in [0.1, 0.15) is 0 Å². The zero-order chi connectivity index (χ0) is 71.7. The third-order valence-electron chi connectivity index (χ3n) is 19.3. The Morgan fingerprint density at radius 1 is 0.114 bits per heavy atom. The van der Waals surface area contributed by atoms with Crippen molar-refractivity contribution >= 4 is 119 Å². The molecular formula is C98H85N7. The summed E-state index contributed by atoms with van der Waals surface area (Å²) in [4.78, 5) is 16.3. The smallest absolute Gasteiger partial charge is 0.0463 e. The van der Waals surface area contributed by atoms with E-state index in [9.17, 15) is 0 Å². The van der Waals surface area contributed by atoms with Crippen LogP contribution in [0.5, 0.6) is 0 Å². The summed E-state index contributed by atoms with van der Waals surface area (Å²) >= 11 is 0. The number of benzene rings is 15. The summed E-state index contributed by atoms with van der Waals surface area (Å²) in [6.45, 7) is 13.6. The lowest BCUT2D eigenvalue weighted by Gasteiger charge is -2.30. The summed E-state index contributed by atoms with van der Waals surface area (Å²) in [6, 6.07) is 146. The topological polar surface area (TPSA) is 22.7 Å². The van der Waals surface area contributed by atoms with Crippen molar-refractivity contribution in [1.29, 1.82) is 0 Å². The van der Waals surface area contributed by atoms with Crippen LogP contribution < -0.4 is 34.3 Å². The van der Waals surface area contributed by atoms with Crippen LogP contribution in [0.25, 0.3) is 0 Å². The van der Waals surface area contributed by atoms with E-state index < -0.39 is 0 Å². The zero-order valence-electron chi connectivity index (χ0n) is 60.3. The van der Waals surface area contributed by atoms with Crippen LogP contribution in [0, 0.1) is 0 Å². The van der Waals surface area contributed by atoms with Crippen molar-refractivity contribution in [2.24, 2.45) is 0 Å². The Morgan fingerprint density at radius 2 is 0.200 bits per heavy atom. The first-order valence-corrected chi connectivity index (χ1v) is 36.1. The third kappa shape index (κ3) is 15.0. The molecule has 0 aliphatic carbocycles. The summed E-state index contributed by atoms with van der Waals surface area (Å²) in [5, 5.41) is 0. The fourth-order valence-electron chi connectivity index (χ4n) is 13.9. The molecule has 0 bridgehead atoms. The van der Waals surface area contributed by atoms with E-state index in [1.807, 2.05) is 0 Å². The van der Waals surface area contributed by atoms with Crippen molar-refractivity contribution < 1.29 is 0 Å². The van der Waals surface area contributed by atoms with Crippen LogP contribution in [-0.2, 0) is 10.8 Å². The van der Waals surface area contributed by atoms with Gasteiger partial charge in [0, 0.05) is 119 Å². The highest BCUT2D eigenvalue weighted by atomic mass is 15.2. The first-order valence-electron chi connectivity index (χ1n) is 36.1. The molecule has 512 valence electrons. The van der Waals surface area contributed by atoms with Crippen LogP contribution in [0.3, 0.4) is 0 Å². The number of nitrogens with zero attached hydrogens (tertiary/aromatic N) is 7. The van der Waals surface area contributed by atoms with Crippen LogP contribution in [0.2, 0.25) is 0 Å². The highest BCUT2D eigenvalue weighted by Crippen LogP contribution is 2.47. The van der Waals surface area contributed by atoms with Gasteiger partial charge in [-0.05, 0) is 277 Å². The van der Waals surface area contributed by atoms with Crippen LogP contribution in [0.4, 0.5) is 119 Å². The Bertz CT molecular complexity index is 4920. The molecule has 0 aliphatic rings. The van der Waals surface area contributed by atoms with E-state index in [0.717, 1.165) is 119 Å². The van der Waals surface area contributed by atoms with Crippen molar-refractivity contribution in [2.75, 3.05) is 34.3 Å². The van der Waals surface area contributed by atoms with Gasteiger partial charge < -0.3 is 34.3 Å². The number of para-hydroxylation sites is 7. The van der Waals surface area contributed by atoms with Gasteiger partial charge in [-0.25, -0.2) is 0 Å². The number of anilines is 21. The molecule has 0 N–H and O–H groups in total. The van der Waals surface area contributed by atoms with E-state index in [-0.39, 0.29) is 10.8 Å². The fourth-order valence-corrected chi connectivity index (χ4v) is 13.9. The number of rotatable bonds is 21. The lowest BCUT2D eigenvalue weighted by Crippen LogP contribution is -2.14. The monoisotopic (exact) mass is 1360 g/mol. The largest absolute Gasteiger partial charge is 0.311 e. The van der Waals surface area contributed by atoms with Gasteiger partial charge in [-0.1, -0.05) is 193 Å². The first-order chi connectivity index (χ1) is 51.4. The van der Waals surface area contributed by atoms with Gasteiger partial charge >= 0.3 is 0 Å². The van der Waals surface area contributed by atoms with E-state index in [4.69, 9.17) is 0 Å². The molecule has 0 aliphatic heterocycles. The van der Waals surface area contributed by atoms with Crippen LogP contribution in [-0.4, -0.2) is 0 Å². The van der Waals surface area contributed by atoms with Crippen molar-refractivity contribution in [1.82, 2.24) is 0 Å². The lowest BCUT2D eigenvalue weighted by molar-refractivity contribution is 0.590. The van der Waals surface area contributed by atoms with Crippen LogP contribution >= 0.6 is 0 Å². The molecule has 0 saturated heterocycles. The standard InChI is InChI=1S/C98H85N7/c1-97(2,3)74-42-46-83(47-43-74)99(76-28-14-7-15-29-76)85-50-54-87(55-51-85)101(78-32-18-9-19-33-78)89-58-62-91(63-59-89)103(80-36-22-11-23-37-80)93-66-70-95(71-67-93)105(82-40-26-13-27-41-82)96-72-68-94(69-73-96)104(81-38-24-12-25-39-81)92-64-60-90(61-65-92)102(79-34-20-10-21-35-79)88-56-52-86(53-57-88)100(77-30-16-8-17-31-77)84-48-44-75(45-49-84)98(4,5)6/h7-73H,1-6H3. The van der Waals surface area contributed by atoms with Gasteiger partial charge in [-0.3, -0.25) is 0 Å². The summed E-state index contributed by atoms with van der Waals surface area (Å²) in [5.74, 6) is 0. The Hall–Kier alpha value is -13.1. The second kappa shape index (κ2) is 30.2. The van der Waals surface area contributed by atoms with Gasteiger partial charge in [0.25, 0.3) is 0 Å². The molecule has 15 rings (SSSR count). The molecule has 0 heterocycles. The molecule has 7 heteroatoms. The maximum Gasteiger partial charge on any atom is 0.0463 e. The minimum Gasteiger partial charge on any atom is -0.311 e. The van der Waals surface area contributed by atoms with E-state index in [2.05, 4.69) is 482 Å². The average molecular weight is 1360 g/mol. The SMILES string of the molecule is CC(C)(C)c1ccc(N(c2ccccc2)c2ccc(N(c3ccccc3)c3ccc(N(c4ccccc4)c4ccc(N(c5ccccc5)c5ccc(N(c6ccccc6)c6ccc(N(c7ccccc7)c7ccc(N(c8ccccc8)c8ccc(C(C)(C)C)cc8)cc7)cc6)cc5)cc4)cc3)cc2)cc1. The van der Waals surface area contributed by atoms with Gasteiger partial charge in [0.2, 0.25) is 0 Å². The van der Waals surface area contributed by atoms with E-state index in [0.29, 0.717) is 0 Å². The highest BCUT2D eigenvalue weighted by molar-refractivity contribution is 5.88. The summed E-state index contributed by atoms with van der Waals surface area (Å²) in [5.41, 5.74) is 25.0. The summed E-state index contributed by atoms with van der Waals surface area (Å²) in [7, 11) is 0. The molecule has 0 radical (unpaired) electrons. The molecule has 0 spiro atoms. The Morgan fingerprint density at radius 3 is 0.295 bits per heavy atom. The van der Waals surface area contributed by atoms with E-state index in [1.54, 1.807) is 0 Å². The Kier molecular flexibility index (Phi) is 19.5. The van der Waals surface area contributed by atoms with Crippen LogP contribution in [0.1, 0.15) is 52.7 Å². The van der Waals surface area contributed by atoms with Gasteiger partial charge in [-0.2, -0.15) is 0 Å². The average Bonchev–Trinajstić information content (AvgIpc) is 0.774. The predicted octanol–water partition coefficient (Wildman–Crippen LogP) is 28.6. The third-order valence-corrected chi connectivity index (χ3v) is 19.3. The molecule has 0 unspecified atom stereocenters. The second-order valence-electron chi connectivity index (χ2n) is 28.4. The molecule has 15 aromatic rings. The number of hydrogen-bond acceptors (Lipinski definition) is 7. The van der Waals surface area contributed by atoms with Gasteiger partial charge in [0.05, 0.1) is 0 Å². The van der Waals surface area contributed by atoms with E-state index in [1.165, 1.54) is 11.1 Å². The van der Waals surface area contributed by atoms with Crippen molar-refractivity contribution in [3.05, 3.63) is 418 Å². The molecule has 7 nitrogen and oxygen atoms in total. The fraction of sp³-hybridized carbons (Fsp3) is 0.0816. The number of hydrogen-bond donors (Lipinski definition) is 0. The minimum absolute atomic E-state index is 0.0541. The molecule has 105 heavy (non-hydrogen) atoms. The Labute approximate surface area is 619 Å². The van der Waals surface area contributed by atoms with Crippen LogP contribution in [0.15, 0.2) is 406 Å². The molecular weight excluding hydrogens is 1280 g/mol. The first kappa shape index (κ1) is 67.7. The maximum atomic E-state index is 2.33. The van der Waals surface area contributed by atoms with Crippen molar-refractivity contribution in [2.45, 2.75) is 52.4 Å². The Balaban J connectivity index is 0.713. The predicted molar refractivity (Wildman–Crippen MR) is 447 cm³/mol.